The molecule has 0 radical (unpaired) electrons. The van der Waals surface area contributed by atoms with Crippen LogP contribution in [0.3, 0.4) is 0 Å². The molecule has 2 rings (SSSR count). The summed E-state index contributed by atoms with van der Waals surface area (Å²) in [5.74, 6) is 0.813. The van der Waals surface area contributed by atoms with Crippen molar-refractivity contribution in [3.8, 4) is 0 Å². The molecule has 106 valence electrons. The molecule has 1 aliphatic rings. The number of nitrogens with one attached hydrogen (secondary N) is 1. The maximum Gasteiger partial charge on any atom is 0.0377 e. The molecule has 1 heterocycles. The fraction of sp³-hybridized carbons (Fsp3) is 0.625. The summed E-state index contributed by atoms with van der Waals surface area (Å²) in [5.41, 5.74) is 2.70. The van der Waals surface area contributed by atoms with Crippen molar-refractivity contribution in [3.63, 3.8) is 0 Å². The van der Waals surface area contributed by atoms with Gasteiger partial charge in [0.1, 0.15) is 0 Å². The van der Waals surface area contributed by atoms with Gasteiger partial charge in [-0.1, -0.05) is 35.8 Å². The zero-order chi connectivity index (χ0) is 13.8. The topological polar surface area (TPSA) is 15.3 Å². The third kappa shape index (κ3) is 3.73. The van der Waals surface area contributed by atoms with Gasteiger partial charge in [-0.3, -0.25) is 0 Å². The second-order valence-corrected chi connectivity index (χ2v) is 6.53. The van der Waals surface area contributed by atoms with Gasteiger partial charge in [-0.05, 0) is 49.9 Å². The number of benzene rings is 1. The van der Waals surface area contributed by atoms with E-state index in [4.69, 9.17) is 0 Å². The first-order valence-corrected chi connectivity index (χ1v) is 8.19. The summed E-state index contributed by atoms with van der Waals surface area (Å²) in [7, 11) is 0. The van der Waals surface area contributed by atoms with Crippen molar-refractivity contribution in [2.24, 2.45) is 5.92 Å². The number of rotatable bonds is 4. The summed E-state index contributed by atoms with van der Waals surface area (Å²) in [6, 6.07) is 7.20. The summed E-state index contributed by atoms with van der Waals surface area (Å²) in [6.07, 6.45) is 2.68. The Morgan fingerprint density at radius 2 is 2.26 bits per heavy atom. The molecule has 1 fully saturated rings. The first-order chi connectivity index (χ1) is 9.11. The van der Waals surface area contributed by atoms with Crippen LogP contribution in [-0.2, 0) is 0 Å². The van der Waals surface area contributed by atoms with Crippen LogP contribution in [0.2, 0.25) is 0 Å². The molecule has 1 aromatic carbocycles. The zero-order valence-electron chi connectivity index (χ0n) is 12.2. The largest absolute Gasteiger partial charge is 0.371 e. The van der Waals surface area contributed by atoms with Gasteiger partial charge in [-0.25, -0.2) is 0 Å². The van der Waals surface area contributed by atoms with Crippen molar-refractivity contribution >= 4 is 21.6 Å². The molecular formula is C16H25BrN2. The lowest BCUT2D eigenvalue weighted by Crippen LogP contribution is -2.34. The fourth-order valence-electron chi connectivity index (χ4n) is 2.90. The van der Waals surface area contributed by atoms with Gasteiger partial charge >= 0.3 is 0 Å². The van der Waals surface area contributed by atoms with Gasteiger partial charge in [0.2, 0.25) is 0 Å². The average molecular weight is 325 g/mol. The van der Waals surface area contributed by atoms with Gasteiger partial charge in [0, 0.05) is 29.3 Å². The molecule has 0 spiro atoms. The smallest absolute Gasteiger partial charge is 0.0377 e. The molecule has 1 aromatic rings. The van der Waals surface area contributed by atoms with Gasteiger partial charge in [-0.2, -0.15) is 0 Å². The van der Waals surface area contributed by atoms with Crippen molar-refractivity contribution in [2.45, 2.75) is 39.7 Å². The molecule has 19 heavy (non-hydrogen) atoms. The minimum atomic E-state index is 0.397. The average Bonchev–Trinajstić information content (AvgIpc) is 2.38. The van der Waals surface area contributed by atoms with E-state index in [2.05, 4.69) is 65.1 Å². The van der Waals surface area contributed by atoms with E-state index in [0.717, 1.165) is 12.5 Å². The molecule has 0 aliphatic carbocycles. The molecular weight excluding hydrogens is 300 g/mol. The van der Waals surface area contributed by atoms with Crippen molar-refractivity contribution in [1.82, 2.24) is 5.32 Å². The first kappa shape index (κ1) is 14.9. The quantitative estimate of drug-likeness (QED) is 0.885. The van der Waals surface area contributed by atoms with Gasteiger partial charge in [0.05, 0.1) is 0 Å². The number of piperidine rings is 1. The summed E-state index contributed by atoms with van der Waals surface area (Å²) in [4.78, 5) is 2.51. The molecule has 2 atom stereocenters. The van der Waals surface area contributed by atoms with Crippen LogP contribution >= 0.6 is 15.9 Å². The molecule has 0 saturated carbocycles. The Labute approximate surface area is 125 Å². The molecule has 1 aliphatic heterocycles. The Kier molecular flexibility index (Phi) is 5.28. The molecule has 0 amide bonds. The predicted molar refractivity (Wildman–Crippen MR) is 86.8 cm³/mol. The summed E-state index contributed by atoms with van der Waals surface area (Å²) in [6.45, 7) is 10.1. The lowest BCUT2D eigenvalue weighted by molar-refractivity contribution is 0.447. The summed E-state index contributed by atoms with van der Waals surface area (Å²) >= 11 is 3.73. The highest BCUT2D eigenvalue weighted by atomic mass is 79.9. The first-order valence-electron chi connectivity index (χ1n) is 7.39. The van der Waals surface area contributed by atoms with Crippen LogP contribution in [0.4, 0.5) is 5.69 Å². The summed E-state index contributed by atoms with van der Waals surface area (Å²) in [5, 5.41) is 3.47. The third-order valence-corrected chi connectivity index (χ3v) is 4.67. The number of nitrogens with zero attached hydrogens (tertiary/aromatic N) is 1. The highest BCUT2D eigenvalue weighted by Crippen LogP contribution is 2.30. The van der Waals surface area contributed by atoms with Gasteiger partial charge < -0.3 is 10.2 Å². The number of hydrogen-bond acceptors (Lipinski definition) is 2. The molecule has 2 unspecified atom stereocenters. The SMILES string of the molecule is CCNC(C)c1ccc(N2CCCC(C)C2)cc1Br. The van der Waals surface area contributed by atoms with E-state index in [0.29, 0.717) is 6.04 Å². The lowest BCUT2D eigenvalue weighted by Gasteiger charge is -2.33. The zero-order valence-corrected chi connectivity index (χ0v) is 13.8. The lowest BCUT2D eigenvalue weighted by atomic mass is 9.99. The van der Waals surface area contributed by atoms with Gasteiger partial charge in [0.25, 0.3) is 0 Å². The third-order valence-electron chi connectivity index (χ3n) is 3.98. The molecule has 1 N–H and O–H groups in total. The van der Waals surface area contributed by atoms with Crippen molar-refractivity contribution in [2.75, 3.05) is 24.5 Å². The number of hydrogen-bond donors (Lipinski definition) is 1. The second-order valence-electron chi connectivity index (χ2n) is 5.68. The minimum Gasteiger partial charge on any atom is -0.371 e. The van der Waals surface area contributed by atoms with Crippen molar-refractivity contribution in [3.05, 3.63) is 28.2 Å². The maximum atomic E-state index is 3.73. The minimum absolute atomic E-state index is 0.397. The molecule has 0 bridgehead atoms. The number of halogens is 1. The van der Waals surface area contributed by atoms with Crippen LogP contribution in [0.5, 0.6) is 0 Å². The van der Waals surface area contributed by atoms with E-state index >= 15 is 0 Å². The monoisotopic (exact) mass is 324 g/mol. The van der Waals surface area contributed by atoms with Gasteiger partial charge in [0.15, 0.2) is 0 Å². The maximum absolute atomic E-state index is 3.73. The van der Waals surface area contributed by atoms with E-state index in [1.54, 1.807) is 0 Å². The standard InChI is InChI=1S/C16H25BrN2/c1-4-18-13(3)15-8-7-14(10-16(15)17)19-9-5-6-12(2)11-19/h7-8,10,12-13,18H,4-6,9,11H2,1-3H3. The number of anilines is 1. The molecule has 2 nitrogen and oxygen atoms in total. The van der Waals surface area contributed by atoms with Crippen LogP contribution in [-0.4, -0.2) is 19.6 Å². The normalized spacial score (nSPS) is 21.5. The Morgan fingerprint density at radius 3 is 2.89 bits per heavy atom. The Balaban J connectivity index is 2.14. The van der Waals surface area contributed by atoms with E-state index in [-0.39, 0.29) is 0 Å². The van der Waals surface area contributed by atoms with Crippen molar-refractivity contribution < 1.29 is 0 Å². The summed E-state index contributed by atoms with van der Waals surface area (Å²) < 4.78 is 1.22. The second kappa shape index (κ2) is 6.76. The van der Waals surface area contributed by atoms with E-state index in [9.17, 15) is 0 Å². The van der Waals surface area contributed by atoms with Crippen molar-refractivity contribution in [1.29, 1.82) is 0 Å². The van der Waals surface area contributed by atoms with Crippen LogP contribution in [0.1, 0.15) is 45.2 Å². The molecule has 1 saturated heterocycles. The molecule has 0 aromatic heterocycles. The Bertz CT molecular complexity index is 419. The highest BCUT2D eigenvalue weighted by Gasteiger charge is 2.18. The van der Waals surface area contributed by atoms with E-state index in [1.165, 1.54) is 41.7 Å². The van der Waals surface area contributed by atoms with Gasteiger partial charge in [-0.15, -0.1) is 0 Å². The van der Waals surface area contributed by atoms with Crippen LogP contribution < -0.4 is 10.2 Å². The van der Waals surface area contributed by atoms with Crippen LogP contribution in [0.25, 0.3) is 0 Å². The van der Waals surface area contributed by atoms with Crippen LogP contribution in [0, 0.1) is 5.92 Å². The fourth-order valence-corrected chi connectivity index (χ4v) is 3.61. The predicted octanol–water partition coefficient (Wildman–Crippen LogP) is 4.36. The van der Waals surface area contributed by atoms with E-state index < -0.39 is 0 Å². The molecule has 3 heteroatoms. The Morgan fingerprint density at radius 1 is 1.47 bits per heavy atom. The van der Waals surface area contributed by atoms with E-state index in [1.807, 2.05) is 0 Å². The van der Waals surface area contributed by atoms with Crippen LogP contribution in [0.15, 0.2) is 22.7 Å². The highest BCUT2D eigenvalue weighted by molar-refractivity contribution is 9.10. The Hall–Kier alpha value is -0.540.